The summed E-state index contributed by atoms with van der Waals surface area (Å²) in [4.78, 5) is 1.20. The van der Waals surface area contributed by atoms with Gasteiger partial charge in [0.15, 0.2) is 0 Å². The van der Waals surface area contributed by atoms with Crippen molar-refractivity contribution < 1.29 is 31.1 Å². The van der Waals surface area contributed by atoms with E-state index in [0.717, 1.165) is 22.7 Å². The van der Waals surface area contributed by atoms with Crippen LogP contribution in [0.5, 0.6) is 5.75 Å². The zero-order valence-electron chi connectivity index (χ0n) is 20.7. The molecule has 39 heavy (non-hydrogen) atoms. The topological polar surface area (TPSA) is 33.0 Å². The van der Waals surface area contributed by atoms with Gasteiger partial charge in [-0.15, -0.1) is 22.7 Å². The average molecular weight is 576 g/mol. The van der Waals surface area contributed by atoms with Gasteiger partial charge in [-0.05, 0) is 72.5 Å². The Bertz CT molecular complexity index is 1670. The van der Waals surface area contributed by atoms with Gasteiger partial charge in [0, 0.05) is 30.7 Å². The van der Waals surface area contributed by atoms with Crippen molar-refractivity contribution in [3.05, 3.63) is 87.1 Å². The molecule has 0 aliphatic heterocycles. The van der Waals surface area contributed by atoms with E-state index in [-0.39, 0.29) is 20.9 Å². The lowest BCUT2D eigenvalue weighted by Crippen LogP contribution is -2.48. The highest BCUT2D eigenvalue weighted by Crippen LogP contribution is 2.66. The number of nitriles is 1. The quantitative estimate of drug-likeness (QED) is 0.222. The van der Waals surface area contributed by atoms with Crippen molar-refractivity contribution in [3.63, 3.8) is 0 Å². The first kappa shape index (κ1) is 27.0. The molecule has 0 atom stereocenters. The van der Waals surface area contributed by atoms with E-state index in [1.54, 1.807) is 42.5 Å². The van der Waals surface area contributed by atoms with Gasteiger partial charge < -0.3 is 4.74 Å². The number of hydrogen-bond donors (Lipinski definition) is 0. The number of halogens is 6. The van der Waals surface area contributed by atoms with Crippen molar-refractivity contribution in [2.45, 2.75) is 31.6 Å². The van der Waals surface area contributed by atoms with Crippen LogP contribution in [0.4, 0.5) is 26.3 Å². The SMILES string of the molecule is COc1cccc(-c2cc(C3=C(c4cc(-c5cccc(C#N)c5)sc4C)C(F)(F)C(F)(F)C3(F)F)c(C)s2)c1. The summed E-state index contributed by atoms with van der Waals surface area (Å²) in [5.41, 5.74) is -2.12. The van der Waals surface area contributed by atoms with Gasteiger partial charge in [0.05, 0.1) is 18.7 Å². The van der Waals surface area contributed by atoms with E-state index in [0.29, 0.717) is 32.2 Å². The highest BCUT2D eigenvalue weighted by molar-refractivity contribution is 7.16. The molecular formula is C29H19F6NOS2. The Morgan fingerprint density at radius 3 is 1.69 bits per heavy atom. The Balaban J connectivity index is 1.76. The van der Waals surface area contributed by atoms with Crippen molar-refractivity contribution in [2.24, 2.45) is 0 Å². The Kier molecular flexibility index (Phi) is 6.43. The predicted molar refractivity (Wildman–Crippen MR) is 142 cm³/mol. The van der Waals surface area contributed by atoms with E-state index >= 15 is 17.6 Å². The zero-order chi connectivity index (χ0) is 28.3. The third kappa shape index (κ3) is 4.07. The summed E-state index contributed by atoms with van der Waals surface area (Å²) in [6.45, 7) is 2.87. The number of aryl methyl sites for hydroxylation is 2. The number of rotatable bonds is 5. The van der Waals surface area contributed by atoms with Gasteiger partial charge in [0.25, 0.3) is 0 Å². The van der Waals surface area contributed by atoms with Crippen molar-refractivity contribution >= 4 is 33.8 Å². The van der Waals surface area contributed by atoms with E-state index < -0.39 is 28.9 Å². The molecular weight excluding hydrogens is 556 g/mol. The molecule has 4 aromatic rings. The number of alkyl halides is 6. The van der Waals surface area contributed by atoms with Gasteiger partial charge in [0.2, 0.25) is 0 Å². The van der Waals surface area contributed by atoms with Crippen LogP contribution < -0.4 is 4.74 Å². The van der Waals surface area contributed by atoms with Crippen molar-refractivity contribution in [1.29, 1.82) is 5.26 Å². The Labute approximate surface area is 228 Å². The van der Waals surface area contributed by atoms with Crippen LogP contribution in [0, 0.1) is 25.2 Å². The monoisotopic (exact) mass is 575 g/mol. The molecule has 0 saturated carbocycles. The zero-order valence-corrected chi connectivity index (χ0v) is 22.3. The fraction of sp³-hybridized carbons (Fsp3) is 0.207. The number of methoxy groups -OCH3 is 1. The molecule has 2 aromatic heterocycles. The molecule has 0 fully saturated rings. The number of thiophene rings is 2. The molecule has 5 rings (SSSR count). The van der Waals surface area contributed by atoms with E-state index in [1.807, 2.05) is 6.07 Å². The normalized spacial score (nSPS) is 17.3. The Hall–Kier alpha value is -3.55. The molecule has 0 N–H and O–H groups in total. The summed E-state index contributed by atoms with van der Waals surface area (Å²) >= 11 is 2.05. The largest absolute Gasteiger partial charge is 0.497 e. The van der Waals surface area contributed by atoms with Gasteiger partial charge in [0.1, 0.15) is 5.75 Å². The lowest BCUT2D eigenvalue weighted by atomic mass is 9.94. The molecule has 10 heteroatoms. The van der Waals surface area contributed by atoms with Crippen LogP contribution in [0.2, 0.25) is 0 Å². The second kappa shape index (κ2) is 9.28. The maximum atomic E-state index is 15.4. The molecule has 200 valence electrons. The van der Waals surface area contributed by atoms with E-state index in [2.05, 4.69) is 0 Å². The average Bonchev–Trinajstić information content (AvgIpc) is 3.51. The number of hydrogen-bond acceptors (Lipinski definition) is 4. The van der Waals surface area contributed by atoms with Crippen molar-refractivity contribution in [3.8, 4) is 32.7 Å². The molecule has 1 aliphatic carbocycles. The number of ether oxygens (including phenoxy) is 1. The summed E-state index contributed by atoms with van der Waals surface area (Å²) in [5, 5.41) is 9.20. The fourth-order valence-electron chi connectivity index (χ4n) is 4.70. The molecule has 2 nitrogen and oxygen atoms in total. The minimum Gasteiger partial charge on any atom is -0.497 e. The summed E-state index contributed by atoms with van der Waals surface area (Å²) in [7, 11) is 1.46. The molecule has 0 radical (unpaired) electrons. The number of nitrogens with zero attached hydrogens (tertiary/aromatic N) is 1. The van der Waals surface area contributed by atoms with E-state index in [1.165, 1.54) is 39.2 Å². The maximum Gasteiger partial charge on any atom is 0.380 e. The second-order valence-corrected chi connectivity index (χ2v) is 11.6. The van der Waals surface area contributed by atoms with Gasteiger partial charge >= 0.3 is 17.8 Å². The van der Waals surface area contributed by atoms with Crippen LogP contribution >= 0.6 is 22.7 Å². The summed E-state index contributed by atoms with van der Waals surface area (Å²) in [6, 6.07) is 17.4. The summed E-state index contributed by atoms with van der Waals surface area (Å²) in [6.07, 6.45) is 0. The van der Waals surface area contributed by atoms with Crippen LogP contribution in [0.25, 0.3) is 32.0 Å². The first-order valence-electron chi connectivity index (χ1n) is 11.6. The molecule has 0 unspecified atom stereocenters. The maximum absolute atomic E-state index is 15.4. The molecule has 2 heterocycles. The van der Waals surface area contributed by atoms with Crippen LogP contribution in [-0.4, -0.2) is 24.9 Å². The van der Waals surface area contributed by atoms with E-state index in [9.17, 15) is 14.0 Å². The highest BCUT2D eigenvalue weighted by Gasteiger charge is 2.80. The standard InChI is InChI=1S/C29H19F6NOS2/c1-15-21(12-23(38-15)18-7-4-6-17(10-18)14-36)25-26(28(32,33)29(34,35)27(25,30)31)22-13-24(39-16(22)2)19-8-5-9-20(11-19)37-3/h4-13H,1-3H3. The van der Waals surface area contributed by atoms with Gasteiger partial charge in [-0.3, -0.25) is 0 Å². The number of benzene rings is 2. The third-order valence-corrected chi connectivity index (χ3v) is 8.87. The lowest BCUT2D eigenvalue weighted by molar-refractivity contribution is -0.254. The summed E-state index contributed by atoms with van der Waals surface area (Å²) < 4.78 is 96.8. The lowest BCUT2D eigenvalue weighted by Gasteiger charge is -2.25. The Morgan fingerprint density at radius 2 is 1.21 bits per heavy atom. The second-order valence-electron chi connectivity index (χ2n) is 9.06. The van der Waals surface area contributed by atoms with E-state index in [4.69, 9.17) is 4.74 Å². The van der Waals surface area contributed by atoms with Crippen LogP contribution in [0.1, 0.15) is 26.4 Å². The van der Waals surface area contributed by atoms with Gasteiger partial charge in [-0.25, -0.2) is 0 Å². The van der Waals surface area contributed by atoms with Crippen LogP contribution in [-0.2, 0) is 0 Å². The molecule has 2 aromatic carbocycles. The minimum atomic E-state index is -5.65. The first-order valence-corrected chi connectivity index (χ1v) is 13.2. The van der Waals surface area contributed by atoms with Crippen LogP contribution in [0.3, 0.4) is 0 Å². The summed E-state index contributed by atoms with van der Waals surface area (Å²) in [5.74, 6) is -15.4. The smallest absolute Gasteiger partial charge is 0.380 e. The fourth-order valence-corrected chi connectivity index (χ4v) is 6.74. The molecule has 0 bridgehead atoms. The third-order valence-electron chi connectivity index (χ3n) is 6.67. The van der Waals surface area contributed by atoms with Crippen molar-refractivity contribution in [1.82, 2.24) is 0 Å². The van der Waals surface area contributed by atoms with Gasteiger partial charge in [-0.2, -0.15) is 31.6 Å². The highest BCUT2D eigenvalue weighted by atomic mass is 32.1. The number of allylic oxidation sites excluding steroid dienone is 2. The van der Waals surface area contributed by atoms with Gasteiger partial charge in [-0.1, -0.05) is 24.3 Å². The molecule has 0 amide bonds. The molecule has 0 spiro atoms. The minimum absolute atomic E-state index is 0.175. The molecule has 0 saturated heterocycles. The van der Waals surface area contributed by atoms with Crippen LogP contribution in [0.15, 0.2) is 60.7 Å². The first-order chi connectivity index (χ1) is 18.3. The molecule has 1 aliphatic rings. The Morgan fingerprint density at radius 1 is 0.718 bits per heavy atom. The van der Waals surface area contributed by atoms with Crippen molar-refractivity contribution in [2.75, 3.05) is 7.11 Å². The predicted octanol–water partition coefficient (Wildman–Crippen LogP) is 9.47.